The number of aromatic nitrogens is 1. The number of hydrogen-bond donors (Lipinski definition) is 1. The van der Waals surface area contributed by atoms with Crippen LogP contribution in [0.3, 0.4) is 0 Å². The summed E-state index contributed by atoms with van der Waals surface area (Å²) in [6, 6.07) is 17.9. The minimum atomic E-state index is -0.944. The summed E-state index contributed by atoms with van der Waals surface area (Å²) in [6.45, 7) is 5.57. The number of hydrogen-bond acceptors (Lipinski definition) is 3. The first-order valence-electron chi connectivity index (χ1n) is 8.88. The molecule has 2 aromatic carbocycles. The predicted molar refractivity (Wildman–Crippen MR) is 110 cm³/mol. The van der Waals surface area contributed by atoms with E-state index in [2.05, 4.69) is 9.88 Å². The van der Waals surface area contributed by atoms with Crippen molar-refractivity contribution < 1.29 is 14.3 Å². The third-order valence-electron chi connectivity index (χ3n) is 4.38. The summed E-state index contributed by atoms with van der Waals surface area (Å²) in [6.07, 6.45) is -0.944. The molecule has 0 saturated heterocycles. The van der Waals surface area contributed by atoms with Crippen LogP contribution in [0.1, 0.15) is 28.7 Å². The second kappa shape index (κ2) is 8.31. The fourth-order valence-electron chi connectivity index (χ4n) is 2.91. The molecule has 1 atom stereocenters. The third-order valence-corrected chi connectivity index (χ3v) is 4.61. The number of amides is 1. The number of carbonyl (C=O) groups excluding carboxylic acids is 2. The Hall–Kier alpha value is -3.05. The predicted octanol–water partition coefficient (Wildman–Crippen LogP) is 4.93. The van der Waals surface area contributed by atoms with Crippen LogP contribution < -0.4 is 5.32 Å². The van der Waals surface area contributed by atoms with Crippen LogP contribution in [-0.4, -0.2) is 22.5 Å². The van der Waals surface area contributed by atoms with E-state index in [9.17, 15) is 9.59 Å². The molecule has 1 heterocycles. The molecular formula is C22H21ClN2O3. The highest BCUT2D eigenvalue weighted by Gasteiger charge is 2.19. The molecular weight excluding hydrogens is 376 g/mol. The van der Waals surface area contributed by atoms with Crippen molar-refractivity contribution in [3.8, 4) is 5.69 Å². The van der Waals surface area contributed by atoms with Gasteiger partial charge in [-0.3, -0.25) is 4.79 Å². The SMILES string of the molecule is Cc1ccc(C)n1-c1ccc(C(=O)O[C@@H](C)C(=O)Nc2cccc(Cl)c2)cc1. The summed E-state index contributed by atoms with van der Waals surface area (Å²) < 4.78 is 7.38. The first kappa shape index (κ1) is 19.7. The van der Waals surface area contributed by atoms with Crippen molar-refractivity contribution in [1.82, 2.24) is 4.57 Å². The van der Waals surface area contributed by atoms with E-state index in [1.165, 1.54) is 6.92 Å². The Bertz CT molecular complexity index is 989. The Balaban J connectivity index is 1.64. The molecule has 5 nitrogen and oxygen atoms in total. The van der Waals surface area contributed by atoms with E-state index in [-0.39, 0.29) is 0 Å². The van der Waals surface area contributed by atoms with Crippen molar-refractivity contribution in [3.05, 3.63) is 82.6 Å². The van der Waals surface area contributed by atoms with Crippen LogP contribution in [-0.2, 0) is 9.53 Å². The highest BCUT2D eigenvalue weighted by atomic mass is 35.5. The first-order valence-corrected chi connectivity index (χ1v) is 9.26. The molecule has 0 radical (unpaired) electrons. The summed E-state index contributed by atoms with van der Waals surface area (Å²) in [5.74, 6) is -0.980. The van der Waals surface area contributed by atoms with Crippen LogP contribution in [0.2, 0.25) is 5.02 Å². The minimum Gasteiger partial charge on any atom is -0.449 e. The number of nitrogens with one attached hydrogen (secondary N) is 1. The number of aryl methyl sites for hydroxylation is 2. The molecule has 3 aromatic rings. The van der Waals surface area contributed by atoms with E-state index in [1.54, 1.807) is 36.4 Å². The van der Waals surface area contributed by atoms with Gasteiger partial charge in [-0.1, -0.05) is 17.7 Å². The first-order chi connectivity index (χ1) is 13.3. The van der Waals surface area contributed by atoms with Crippen molar-refractivity contribution in [3.63, 3.8) is 0 Å². The van der Waals surface area contributed by atoms with Gasteiger partial charge < -0.3 is 14.6 Å². The summed E-state index contributed by atoms with van der Waals surface area (Å²) in [4.78, 5) is 24.6. The molecule has 28 heavy (non-hydrogen) atoms. The molecule has 0 unspecified atom stereocenters. The van der Waals surface area contributed by atoms with Crippen molar-refractivity contribution in [2.75, 3.05) is 5.32 Å². The number of benzene rings is 2. The molecule has 0 aliphatic carbocycles. The fraction of sp³-hybridized carbons (Fsp3) is 0.182. The van der Waals surface area contributed by atoms with Gasteiger partial charge in [0.25, 0.3) is 5.91 Å². The molecule has 1 amide bonds. The molecule has 0 fully saturated rings. The van der Waals surface area contributed by atoms with E-state index in [0.717, 1.165) is 17.1 Å². The monoisotopic (exact) mass is 396 g/mol. The van der Waals surface area contributed by atoms with Crippen molar-refractivity contribution in [2.45, 2.75) is 26.9 Å². The summed E-state index contributed by atoms with van der Waals surface area (Å²) >= 11 is 5.90. The Kier molecular flexibility index (Phi) is 5.85. The van der Waals surface area contributed by atoms with E-state index >= 15 is 0 Å². The lowest BCUT2D eigenvalue weighted by molar-refractivity contribution is -0.123. The number of halogens is 1. The van der Waals surface area contributed by atoms with Gasteiger partial charge in [0, 0.05) is 27.8 Å². The van der Waals surface area contributed by atoms with Crippen molar-refractivity contribution >= 4 is 29.2 Å². The number of rotatable bonds is 5. The van der Waals surface area contributed by atoms with Gasteiger partial charge >= 0.3 is 5.97 Å². The summed E-state index contributed by atoms with van der Waals surface area (Å²) in [5.41, 5.74) is 4.11. The molecule has 0 bridgehead atoms. The van der Waals surface area contributed by atoms with E-state index in [0.29, 0.717) is 16.3 Å². The molecule has 6 heteroatoms. The number of carbonyl (C=O) groups is 2. The second-order valence-corrected chi connectivity index (χ2v) is 6.98. The van der Waals surface area contributed by atoms with Gasteiger partial charge in [-0.05, 0) is 75.4 Å². The lowest BCUT2D eigenvalue weighted by atomic mass is 10.2. The third kappa shape index (κ3) is 4.43. The molecule has 0 aliphatic rings. The normalized spacial score (nSPS) is 11.7. The number of esters is 1. The number of ether oxygens (including phenoxy) is 1. The van der Waals surface area contributed by atoms with Gasteiger partial charge in [-0.25, -0.2) is 4.79 Å². The molecule has 1 aromatic heterocycles. The van der Waals surface area contributed by atoms with Crippen LogP contribution >= 0.6 is 11.6 Å². The molecule has 0 spiro atoms. The van der Waals surface area contributed by atoms with Crippen LogP contribution in [0.5, 0.6) is 0 Å². The molecule has 3 rings (SSSR count). The number of anilines is 1. The van der Waals surface area contributed by atoms with Crippen LogP contribution in [0, 0.1) is 13.8 Å². The van der Waals surface area contributed by atoms with Crippen LogP contribution in [0.4, 0.5) is 5.69 Å². The van der Waals surface area contributed by atoms with Crippen LogP contribution in [0.15, 0.2) is 60.7 Å². The zero-order valence-electron chi connectivity index (χ0n) is 15.9. The van der Waals surface area contributed by atoms with Gasteiger partial charge in [0.15, 0.2) is 6.10 Å². The van der Waals surface area contributed by atoms with Crippen molar-refractivity contribution in [2.24, 2.45) is 0 Å². The average molecular weight is 397 g/mol. The topological polar surface area (TPSA) is 60.3 Å². The maximum absolute atomic E-state index is 12.4. The summed E-state index contributed by atoms with van der Waals surface area (Å²) in [7, 11) is 0. The Morgan fingerprint density at radius 2 is 1.64 bits per heavy atom. The van der Waals surface area contributed by atoms with E-state index in [4.69, 9.17) is 16.3 Å². The average Bonchev–Trinajstić information content (AvgIpc) is 3.00. The minimum absolute atomic E-state index is 0.383. The Morgan fingerprint density at radius 3 is 2.25 bits per heavy atom. The standard InChI is InChI=1S/C22H21ClN2O3/c1-14-7-8-15(2)25(14)20-11-9-17(10-12-20)22(27)28-16(3)21(26)24-19-6-4-5-18(23)13-19/h4-13,16H,1-3H3,(H,24,26)/t16-/m0/s1. The maximum atomic E-state index is 12.4. The smallest absolute Gasteiger partial charge is 0.338 e. The molecule has 1 N–H and O–H groups in total. The largest absolute Gasteiger partial charge is 0.449 e. The number of nitrogens with zero attached hydrogens (tertiary/aromatic N) is 1. The molecule has 0 saturated carbocycles. The summed E-state index contributed by atoms with van der Waals surface area (Å²) in [5, 5.41) is 3.19. The van der Waals surface area contributed by atoms with Gasteiger partial charge in [0.1, 0.15) is 0 Å². The molecule has 0 aliphatic heterocycles. The van der Waals surface area contributed by atoms with E-state index in [1.807, 2.05) is 38.1 Å². The lowest BCUT2D eigenvalue weighted by Crippen LogP contribution is -2.30. The van der Waals surface area contributed by atoms with Gasteiger partial charge in [-0.2, -0.15) is 0 Å². The lowest BCUT2D eigenvalue weighted by Gasteiger charge is -2.14. The fourth-order valence-corrected chi connectivity index (χ4v) is 3.10. The second-order valence-electron chi connectivity index (χ2n) is 6.55. The Labute approximate surface area is 168 Å². The van der Waals surface area contributed by atoms with Crippen LogP contribution in [0.25, 0.3) is 5.69 Å². The highest BCUT2D eigenvalue weighted by molar-refractivity contribution is 6.30. The van der Waals surface area contributed by atoms with Gasteiger partial charge in [0.2, 0.25) is 0 Å². The van der Waals surface area contributed by atoms with Crippen molar-refractivity contribution in [1.29, 1.82) is 0 Å². The maximum Gasteiger partial charge on any atom is 0.338 e. The van der Waals surface area contributed by atoms with Gasteiger partial charge in [0.05, 0.1) is 5.56 Å². The zero-order chi connectivity index (χ0) is 20.3. The zero-order valence-corrected chi connectivity index (χ0v) is 16.7. The van der Waals surface area contributed by atoms with Gasteiger partial charge in [-0.15, -0.1) is 0 Å². The van der Waals surface area contributed by atoms with E-state index < -0.39 is 18.0 Å². The highest BCUT2D eigenvalue weighted by Crippen LogP contribution is 2.18. The Morgan fingerprint density at radius 1 is 1.00 bits per heavy atom. The molecule has 144 valence electrons. The quantitative estimate of drug-likeness (QED) is 0.622.